The maximum absolute atomic E-state index is 13.4. The van der Waals surface area contributed by atoms with Crippen LogP contribution in [-0.4, -0.2) is 41.0 Å². The van der Waals surface area contributed by atoms with Crippen molar-refractivity contribution in [2.24, 2.45) is 0 Å². The molecular formula is C24H25F2N5O3. The maximum Gasteiger partial charge on any atom is 0.278 e. The minimum Gasteiger partial charge on any atom is -0.354 e. The summed E-state index contributed by atoms with van der Waals surface area (Å²) in [7, 11) is 1.61. The number of carbonyl (C=O) groups is 2. The number of aromatic nitrogens is 2. The van der Waals surface area contributed by atoms with Crippen molar-refractivity contribution >= 4 is 17.5 Å². The van der Waals surface area contributed by atoms with Gasteiger partial charge in [-0.2, -0.15) is 0 Å². The third-order valence-electron chi connectivity index (χ3n) is 5.18. The molecule has 0 bridgehead atoms. The highest BCUT2D eigenvalue weighted by molar-refractivity contribution is 5.94. The van der Waals surface area contributed by atoms with Crippen LogP contribution < -0.4 is 21.5 Å². The van der Waals surface area contributed by atoms with Crippen LogP contribution in [0.15, 0.2) is 59.5 Å². The zero-order valence-electron chi connectivity index (χ0n) is 18.8. The van der Waals surface area contributed by atoms with Gasteiger partial charge in [0.25, 0.3) is 5.56 Å². The van der Waals surface area contributed by atoms with Crippen molar-refractivity contribution in [3.05, 3.63) is 82.3 Å². The Morgan fingerprint density at radius 1 is 1.03 bits per heavy atom. The number of nitrogens with one attached hydrogen (secondary N) is 3. The first-order valence-electron chi connectivity index (χ1n) is 10.6. The van der Waals surface area contributed by atoms with Crippen molar-refractivity contribution in [2.45, 2.75) is 25.9 Å². The number of benzene rings is 2. The smallest absolute Gasteiger partial charge is 0.278 e. The van der Waals surface area contributed by atoms with Crippen molar-refractivity contribution in [1.82, 2.24) is 20.2 Å². The second-order valence-electron chi connectivity index (χ2n) is 7.62. The summed E-state index contributed by atoms with van der Waals surface area (Å²) in [5.41, 5.74) is 0.562. The molecule has 3 aromatic rings. The Morgan fingerprint density at radius 3 is 2.26 bits per heavy atom. The lowest BCUT2D eigenvalue weighted by atomic mass is 10.1. The highest BCUT2D eigenvalue weighted by atomic mass is 19.1. The molecule has 178 valence electrons. The second kappa shape index (κ2) is 11.3. The van der Waals surface area contributed by atoms with Crippen molar-refractivity contribution in [3.8, 4) is 11.4 Å². The Bertz CT molecular complexity index is 1210. The molecule has 2 aromatic carbocycles. The minimum absolute atomic E-state index is 0.0860. The summed E-state index contributed by atoms with van der Waals surface area (Å²) < 4.78 is 27.5. The molecule has 34 heavy (non-hydrogen) atoms. The number of carbonyl (C=O) groups excluding carboxylic acids is 2. The van der Waals surface area contributed by atoms with Crippen LogP contribution >= 0.6 is 0 Å². The number of halogens is 2. The molecule has 0 saturated heterocycles. The third kappa shape index (κ3) is 6.32. The maximum atomic E-state index is 13.4. The molecular weight excluding hydrogens is 444 g/mol. The molecule has 10 heteroatoms. The Kier molecular flexibility index (Phi) is 8.20. The van der Waals surface area contributed by atoms with Crippen LogP contribution in [0.4, 0.5) is 14.5 Å². The summed E-state index contributed by atoms with van der Waals surface area (Å²) in [5.74, 6) is -1.55. The Morgan fingerprint density at radius 2 is 1.65 bits per heavy atom. The molecule has 0 unspecified atom stereocenters. The lowest BCUT2D eigenvalue weighted by Crippen LogP contribution is -2.39. The number of rotatable bonds is 9. The lowest BCUT2D eigenvalue weighted by molar-refractivity contribution is -0.121. The molecule has 3 rings (SSSR count). The van der Waals surface area contributed by atoms with Crippen molar-refractivity contribution in [1.29, 1.82) is 0 Å². The summed E-state index contributed by atoms with van der Waals surface area (Å²) in [6, 6.07) is 10.7. The molecule has 1 aromatic heterocycles. The van der Waals surface area contributed by atoms with Crippen LogP contribution in [0, 0.1) is 11.6 Å². The Hall–Kier alpha value is -3.92. The van der Waals surface area contributed by atoms with E-state index in [9.17, 15) is 23.2 Å². The predicted molar refractivity (Wildman–Crippen MR) is 124 cm³/mol. The standard InChI is InChI=1S/C24H25F2N5O3/c1-15(27-2)23(33)30-20-13-29-22(17-5-9-19(26)10-6-17)31(24(20)34)14-21(32)28-12-11-16-3-7-18(25)8-4-16/h3-10,13,15,27H,11-12,14H2,1-2H3,(H,28,32)(H,30,33)/t15-/m0/s1. The zero-order chi connectivity index (χ0) is 24.7. The van der Waals surface area contributed by atoms with Crippen LogP contribution in [0.25, 0.3) is 11.4 Å². The minimum atomic E-state index is -0.625. The van der Waals surface area contributed by atoms with E-state index in [1.54, 1.807) is 26.1 Å². The molecule has 0 aliphatic rings. The molecule has 1 heterocycles. The van der Waals surface area contributed by atoms with Gasteiger partial charge in [-0.3, -0.25) is 19.0 Å². The van der Waals surface area contributed by atoms with Gasteiger partial charge in [0.2, 0.25) is 11.8 Å². The van der Waals surface area contributed by atoms with E-state index in [2.05, 4.69) is 20.9 Å². The van der Waals surface area contributed by atoms with Gasteiger partial charge < -0.3 is 16.0 Å². The van der Waals surface area contributed by atoms with E-state index in [4.69, 9.17) is 0 Å². The summed E-state index contributed by atoms with van der Waals surface area (Å²) in [6.07, 6.45) is 1.69. The van der Waals surface area contributed by atoms with E-state index in [-0.39, 0.29) is 30.4 Å². The number of likely N-dealkylation sites (N-methyl/N-ethyl adjacent to an activating group) is 1. The highest BCUT2D eigenvalue weighted by Gasteiger charge is 2.18. The predicted octanol–water partition coefficient (Wildman–Crippen LogP) is 2.09. The molecule has 0 aliphatic heterocycles. The summed E-state index contributed by atoms with van der Waals surface area (Å²) in [4.78, 5) is 42.2. The van der Waals surface area contributed by atoms with Gasteiger partial charge in [-0.15, -0.1) is 0 Å². The van der Waals surface area contributed by atoms with Crippen LogP contribution in [-0.2, 0) is 22.6 Å². The van der Waals surface area contributed by atoms with Gasteiger partial charge in [-0.25, -0.2) is 13.8 Å². The monoisotopic (exact) mass is 469 g/mol. The van der Waals surface area contributed by atoms with Gasteiger partial charge in [0.15, 0.2) is 0 Å². The van der Waals surface area contributed by atoms with E-state index >= 15 is 0 Å². The average Bonchev–Trinajstić information content (AvgIpc) is 2.83. The molecule has 0 saturated carbocycles. The van der Waals surface area contributed by atoms with Gasteiger partial charge in [0.05, 0.1) is 12.2 Å². The second-order valence-corrected chi connectivity index (χ2v) is 7.62. The molecule has 2 amide bonds. The van der Waals surface area contributed by atoms with Crippen molar-refractivity contribution in [3.63, 3.8) is 0 Å². The quantitative estimate of drug-likeness (QED) is 0.445. The molecule has 0 radical (unpaired) electrons. The third-order valence-corrected chi connectivity index (χ3v) is 5.18. The van der Waals surface area contributed by atoms with Crippen LogP contribution in [0.1, 0.15) is 12.5 Å². The van der Waals surface area contributed by atoms with Crippen LogP contribution in [0.5, 0.6) is 0 Å². The molecule has 1 atom stereocenters. The number of hydrogen-bond donors (Lipinski definition) is 3. The normalized spacial score (nSPS) is 11.6. The van der Waals surface area contributed by atoms with E-state index in [1.807, 2.05) is 0 Å². The fourth-order valence-corrected chi connectivity index (χ4v) is 3.12. The topological polar surface area (TPSA) is 105 Å². The fourth-order valence-electron chi connectivity index (χ4n) is 3.12. The van der Waals surface area contributed by atoms with E-state index in [1.165, 1.54) is 42.6 Å². The Balaban J connectivity index is 1.82. The Labute approximate surface area is 195 Å². The number of nitrogens with zero attached hydrogens (tertiary/aromatic N) is 2. The lowest BCUT2D eigenvalue weighted by Gasteiger charge is -2.15. The van der Waals surface area contributed by atoms with E-state index < -0.39 is 29.2 Å². The van der Waals surface area contributed by atoms with Crippen LogP contribution in [0.3, 0.4) is 0 Å². The van der Waals surface area contributed by atoms with E-state index in [0.29, 0.717) is 12.0 Å². The zero-order valence-corrected chi connectivity index (χ0v) is 18.8. The first-order chi connectivity index (χ1) is 16.3. The summed E-state index contributed by atoms with van der Waals surface area (Å²) in [5, 5.41) is 8.00. The number of hydrogen-bond acceptors (Lipinski definition) is 5. The first kappa shape index (κ1) is 24.7. The molecule has 0 fully saturated rings. The van der Waals surface area contributed by atoms with Gasteiger partial charge in [0, 0.05) is 12.1 Å². The van der Waals surface area contributed by atoms with Gasteiger partial charge in [-0.1, -0.05) is 12.1 Å². The summed E-state index contributed by atoms with van der Waals surface area (Å²) >= 11 is 0. The summed E-state index contributed by atoms with van der Waals surface area (Å²) in [6.45, 7) is 1.53. The van der Waals surface area contributed by atoms with Gasteiger partial charge in [0.1, 0.15) is 29.7 Å². The van der Waals surface area contributed by atoms with Crippen molar-refractivity contribution < 1.29 is 18.4 Å². The average molecular weight is 469 g/mol. The van der Waals surface area contributed by atoms with Crippen LogP contribution in [0.2, 0.25) is 0 Å². The molecule has 3 N–H and O–H groups in total. The largest absolute Gasteiger partial charge is 0.354 e. The van der Waals surface area contributed by atoms with Gasteiger partial charge in [-0.05, 0) is 62.4 Å². The molecule has 0 aliphatic carbocycles. The highest BCUT2D eigenvalue weighted by Crippen LogP contribution is 2.17. The van der Waals surface area contributed by atoms with E-state index in [0.717, 1.165) is 10.1 Å². The van der Waals surface area contributed by atoms with Crippen molar-refractivity contribution in [2.75, 3.05) is 18.9 Å². The van der Waals surface area contributed by atoms with Gasteiger partial charge >= 0.3 is 0 Å². The molecule has 0 spiro atoms. The number of anilines is 1. The number of amides is 2. The first-order valence-corrected chi connectivity index (χ1v) is 10.6. The fraction of sp³-hybridized carbons (Fsp3) is 0.250. The SMILES string of the molecule is CN[C@@H](C)C(=O)Nc1cnc(-c2ccc(F)cc2)n(CC(=O)NCCc2ccc(F)cc2)c1=O. The molecule has 8 nitrogen and oxygen atoms in total.